The molecule has 0 radical (unpaired) electrons. The number of carbonyl (C=O) groups excluding carboxylic acids is 2. The summed E-state index contributed by atoms with van der Waals surface area (Å²) < 4.78 is 17.3. The maximum atomic E-state index is 13.1. The van der Waals surface area contributed by atoms with Gasteiger partial charge in [-0.15, -0.1) is 0 Å². The third-order valence-electron chi connectivity index (χ3n) is 7.30. The van der Waals surface area contributed by atoms with Gasteiger partial charge >= 0.3 is 0 Å². The predicted molar refractivity (Wildman–Crippen MR) is 135 cm³/mol. The highest BCUT2D eigenvalue weighted by atomic mass is 16.5. The van der Waals surface area contributed by atoms with E-state index in [0.717, 1.165) is 36.4 Å². The number of pyridine rings is 1. The second kappa shape index (κ2) is 10.5. The highest BCUT2D eigenvalue weighted by Crippen LogP contribution is 2.40. The fourth-order valence-corrected chi connectivity index (χ4v) is 5.29. The van der Waals surface area contributed by atoms with Gasteiger partial charge in [-0.2, -0.15) is 5.26 Å². The molecule has 4 heterocycles. The van der Waals surface area contributed by atoms with Crippen LogP contribution in [-0.4, -0.2) is 79.1 Å². The fraction of sp³-hybridized carbons (Fsp3) is 0.481. The van der Waals surface area contributed by atoms with Crippen molar-refractivity contribution < 1.29 is 23.8 Å². The third kappa shape index (κ3) is 5.12. The van der Waals surface area contributed by atoms with E-state index in [4.69, 9.17) is 14.2 Å². The molecule has 5 rings (SSSR count). The minimum absolute atomic E-state index is 0.0276. The number of hydrogen-bond acceptors (Lipinski definition) is 8. The maximum Gasteiger partial charge on any atom is 0.231 e. The minimum atomic E-state index is -0.0925. The number of nitrogens with zero attached hydrogens (tertiary/aromatic N) is 5. The molecule has 1 unspecified atom stereocenters. The standard InChI is InChI=1S/C27H31N5O5/c1-18(33)30-8-5-19(6-9-30)27(34)31-10-7-23(17-31)37-22-3-4-25-24(14-22)32(11-12-36-25)21-13-20(15-28)26(35-2)29-16-21/h3-4,13-14,16,19,23H,5-12,17H2,1-2H3. The number of carbonyl (C=O) groups is 2. The molecule has 0 spiro atoms. The number of likely N-dealkylation sites (tertiary alicyclic amines) is 2. The maximum absolute atomic E-state index is 13.1. The molecule has 3 aliphatic heterocycles. The van der Waals surface area contributed by atoms with E-state index in [2.05, 4.69) is 16.0 Å². The van der Waals surface area contributed by atoms with Gasteiger partial charge in [0.25, 0.3) is 0 Å². The van der Waals surface area contributed by atoms with E-state index in [1.54, 1.807) is 19.2 Å². The summed E-state index contributed by atoms with van der Waals surface area (Å²) in [6.45, 7) is 5.20. The number of fused-ring (bicyclic) bond motifs is 1. The first-order chi connectivity index (χ1) is 18.0. The number of anilines is 2. The van der Waals surface area contributed by atoms with Crippen molar-refractivity contribution in [3.63, 3.8) is 0 Å². The minimum Gasteiger partial charge on any atom is -0.490 e. The summed E-state index contributed by atoms with van der Waals surface area (Å²) >= 11 is 0. The van der Waals surface area contributed by atoms with Gasteiger partial charge in [-0.1, -0.05) is 0 Å². The molecule has 194 valence electrons. The SMILES string of the molecule is COc1ncc(N2CCOc3ccc(OC4CCN(C(=O)C5CCN(C(C)=O)CC5)C4)cc32)cc1C#N. The van der Waals surface area contributed by atoms with Crippen molar-refractivity contribution >= 4 is 23.2 Å². The summed E-state index contributed by atoms with van der Waals surface area (Å²) in [7, 11) is 1.49. The largest absolute Gasteiger partial charge is 0.490 e. The van der Waals surface area contributed by atoms with Gasteiger partial charge in [0.2, 0.25) is 17.7 Å². The van der Waals surface area contributed by atoms with E-state index < -0.39 is 0 Å². The highest BCUT2D eigenvalue weighted by molar-refractivity contribution is 5.80. The number of piperidine rings is 1. The van der Waals surface area contributed by atoms with E-state index in [9.17, 15) is 14.9 Å². The zero-order valence-electron chi connectivity index (χ0n) is 21.2. The lowest BCUT2D eigenvalue weighted by atomic mass is 9.95. The van der Waals surface area contributed by atoms with Gasteiger partial charge in [-0.05, 0) is 31.0 Å². The first-order valence-corrected chi connectivity index (χ1v) is 12.7. The Labute approximate surface area is 216 Å². The monoisotopic (exact) mass is 505 g/mol. The second-order valence-electron chi connectivity index (χ2n) is 9.58. The molecular weight excluding hydrogens is 474 g/mol. The first-order valence-electron chi connectivity index (χ1n) is 12.7. The molecular formula is C27H31N5O5. The topological polar surface area (TPSA) is 108 Å². The normalized spacial score (nSPS) is 19.6. The molecule has 0 saturated carbocycles. The molecule has 1 atom stereocenters. The third-order valence-corrected chi connectivity index (χ3v) is 7.30. The number of benzene rings is 1. The smallest absolute Gasteiger partial charge is 0.231 e. The lowest BCUT2D eigenvalue weighted by molar-refractivity contribution is -0.139. The molecule has 1 aromatic carbocycles. The summed E-state index contributed by atoms with van der Waals surface area (Å²) in [4.78, 5) is 34.7. The number of amides is 2. The number of hydrogen-bond donors (Lipinski definition) is 0. The molecule has 2 saturated heterocycles. The molecule has 1 aromatic heterocycles. The Bertz CT molecular complexity index is 1220. The van der Waals surface area contributed by atoms with Crippen molar-refractivity contribution in [2.24, 2.45) is 5.92 Å². The Morgan fingerprint density at radius 2 is 1.89 bits per heavy atom. The Kier molecular flexibility index (Phi) is 7.04. The van der Waals surface area contributed by atoms with Crippen LogP contribution >= 0.6 is 0 Å². The highest BCUT2D eigenvalue weighted by Gasteiger charge is 2.34. The van der Waals surface area contributed by atoms with Gasteiger partial charge < -0.3 is 28.9 Å². The molecule has 10 heteroatoms. The summed E-state index contributed by atoms with van der Waals surface area (Å²) in [5.41, 5.74) is 1.97. The van der Waals surface area contributed by atoms with Crippen LogP contribution in [0.3, 0.4) is 0 Å². The van der Waals surface area contributed by atoms with E-state index in [1.807, 2.05) is 28.0 Å². The molecule has 2 aromatic rings. The van der Waals surface area contributed by atoms with Crippen LogP contribution in [0.4, 0.5) is 11.4 Å². The van der Waals surface area contributed by atoms with Gasteiger partial charge in [0.15, 0.2) is 0 Å². The van der Waals surface area contributed by atoms with Gasteiger partial charge in [-0.3, -0.25) is 9.59 Å². The van der Waals surface area contributed by atoms with Gasteiger partial charge in [0.1, 0.15) is 35.8 Å². The van der Waals surface area contributed by atoms with Crippen molar-refractivity contribution in [2.75, 3.05) is 51.3 Å². The molecule has 10 nitrogen and oxygen atoms in total. The van der Waals surface area contributed by atoms with Crippen molar-refractivity contribution in [3.8, 4) is 23.4 Å². The molecule has 2 amide bonds. The van der Waals surface area contributed by atoms with Crippen LogP contribution in [0, 0.1) is 17.2 Å². The summed E-state index contributed by atoms with van der Waals surface area (Å²) in [5.74, 6) is 1.93. The summed E-state index contributed by atoms with van der Waals surface area (Å²) in [5, 5.41) is 9.47. The average Bonchev–Trinajstić information content (AvgIpc) is 3.40. The van der Waals surface area contributed by atoms with E-state index >= 15 is 0 Å². The molecule has 3 aliphatic rings. The van der Waals surface area contributed by atoms with Crippen LogP contribution in [0.15, 0.2) is 30.5 Å². The van der Waals surface area contributed by atoms with Gasteiger partial charge in [0, 0.05) is 45.0 Å². The zero-order valence-corrected chi connectivity index (χ0v) is 21.2. The quantitative estimate of drug-likeness (QED) is 0.610. The number of nitriles is 1. The van der Waals surface area contributed by atoms with Crippen LogP contribution in [0.5, 0.6) is 17.4 Å². The lowest BCUT2D eigenvalue weighted by Crippen LogP contribution is -2.43. The van der Waals surface area contributed by atoms with Gasteiger partial charge in [0.05, 0.1) is 37.8 Å². The lowest BCUT2D eigenvalue weighted by Gasteiger charge is -2.32. The molecule has 2 fully saturated rings. The van der Waals surface area contributed by atoms with Crippen LogP contribution in [0.1, 0.15) is 31.7 Å². The average molecular weight is 506 g/mol. The van der Waals surface area contributed by atoms with Gasteiger partial charge in [-0.25, -0.2) is 4.98 Å². The Hall–Kier alpha value is -4.00. The van der Waals surface area contributed by atoms with E-state index in [-0.39, 0.29) is 23.8 Å². The van der Waals surface area contributed by atoms with Crippen LogP contribution in [-0.2, 0) is 9.59 Å². The Balaban J connectivity index is 1.25. The molecule has 37 heavy (non-hydrogen) atoms. The number of aromatic nitrogens is 1. The molecule has 0 N–H and O–H groups in total. The van der Waals surface area contributed by atoms with Crippen molar-refractivity contribution in [1.82, 2.24) is 14.8 Å². The summed E-state index contributed by atoms with van der Waals surface area (Å²) in [6.07, 6.45) is 3.79. The number of methoxy groups -OCH3 is 1. The fourth-order valence-electron chi connectivity index (χ4n) is 5.29. The van der Waals surface area contributed by atoms with Crippen LogP contribution in [0.25, 0.3) is 0 Å². The van der Waals surface area contributed by atoms with Crippen molar-refractivity contribution in [1.29, 1.82) is 5.26 Å². The zero-order chi connectivity index (χ0) is 25.9. The molecule has 0 bridgehead atoms. The Morgan fingerprint density at radius 1 is 1.11 bits per heavy atom. The second-order valence-corrected chi connectivity index (χ2v) is 9.58. The summed E-state index contributed by atoms with van der Waals surface area (Å²) in [6, 6.07) is 9.61. The predicted octanol–water partition coefficient (Wildman–Crippen LogP) is 2.73. The number of rotatable bonds is 5. The first kappa shape index (κ1) is 24.7. The number of ether oxygens (including phenoxy) is 3. The Morgan fingerprint density at radius 3 is 2.62 bits per heavy atom. The van der Waals surface area contributed by atoms with E-state index in [1.165, 1.54) is 7.11 Å². The molecule has 0 aliphatic carbocycles. The van der Waals surface area contributed by atoms with Crippen LogP contribution in [0.2, 0.25) is 0 Å². The van der Waals surface area contributed by atoms with Crippen molar-refractivity contribution in [2.45, 2.75) is 32.3 Å². The van der Waals surface area contributed by atoms with E-state index in [0.29, 0.717) is 56.5 Å². The van der Waals surface area contributed by atoms with Crippen molar-refractivity contribution in [3.05, 3.63) is 36.0 Å². The van der Waals surface area contributed by atoms with Crippen LogP contribution < -0.4 is 19.1 Å².